The lowest BCUT2D eigenvalue weighted by atomic mass is 9.94. The van der Waals surface area contributed by atoms with Gasteiger partial charge in [0.05, 0.1) is 0 Å². The van der Waals surface area contributed by atoms with E-state index in [1.165, 1.54) is 11.0 Å². The maximum atomic E-state index is 13.6. The van der Waals surface area contributed by atoms with Gasteiger partial charge in [-0.2, -0.15) is 5.10 Å². The van der Waals surface area contributed by atoms with Crippen LogP contribution >= 0.6 is 0 Å². The van der Waals surface area contributed by atoms with Crippen LogP contribution in [0.25, 0.3) is 11.0 Å². The summed E-state index contributed by atoms with van der Waals surface area (Å²) < 4.78 is 30.2. The molecule has 0 saturated heterocycles. The molecule has 0 aromatic carbocycles. The van der Waals surface area contributed by atoms with Crippen molar-refractivity contribution in [2.24, 2.45) is 0 Å². The molecule has 0 radical (unpaired) electrons. The molecule has 2 aromatic heterocycles. The number of amides is 1. The average Bonchev–Trinajstić information content (AvgIpc) is 3.04. The highest BCUT2D eigenvalue weighted by Crippen LogP contribution is 2.30. The first-order valence-electron chi connectivity index (χ1n) is 10.4. The number of halogens is 2. The summed E-state index contributed by atoms with van der Waals surface area (Å²) in [5, 5.41) is 4.76. The fourth-order valence-electron chi connectivity index (χ4n) is 4.36. The fourth-order valence-corrected chi connectivity index (χ4v) is 4.36. The van der Waals surface area contributed by atoms with Gasteiger partial charge in [-0.3, -0.25) is 18.8 Å². The van der Waals surface area contributed by atoms with Crippen LogP contribution in [0.3, 0.4) is 0 Å². The zero-order valence-corrected chi connectivity index (χ0v) is 17.6. The molecule has 0 spiro atoms. The van der Waals surface area contributed by atoms with Crippen LogP contribution in [0.15, 0.2) is 10.9 Å². The van der Waals surface area contributed by atoms with Gasteiger partial charge in [-0.1, -0.05) is 19.3 Å². The number of nitrogens with zero attached hydrogens (tertiary/aromatic N) is 4. The van der Waals surface area contributed by atoms with E-state index in [-0.39, 0.29) is 42.2 Å². The summed E-state index contributed by atoms with van der Waals surface area (Å²) in [5.41, 5.74) is -0.0116. The molecule has 1 aliphatic carbocycles. The van der Waals surface area contributed by atoms with Gasteiger partial charge in [0.15, 0.2) is 5.65 Å². The van der Waals surface area contributed by atoms with Crippen LogP contribution in [-0.2, 0) is 11.3 Å². The number of aromatic nitrogens is 3. The summed E-state index contributed by atoms with van der Waals surface area (Å²) >= 11 is 0. The van der Waals surface area contributed by atoms with E-state index in [0.29, 0.717) is 11.1 Å². The van der Waals surface area contributed by atoms with Crippen LogP contribution < -0.4 is 5.56 Å². The Morgan fingerprint density at radius 1 is 1.28 bits per heavy atom. The molecule has 2 aromatic rings. The molecule has 3 rings (SSSR count). The predicted molar refractivity (Wildman–Crippen MR) is 108 cm³/mol. The second-order valence-corrected chi connectivity index (χ2v) is 8.26. The van der Waals surface area contributed by atoms with E-state index in [1.807, 2.05) is 20.9 Å². The SMILES string of the molecule is Cc1c2c(C(F)F)cc(=O)n(CCC(=O)N(C)C3CCCCC3)c2nn1C(C)C. The molecular formula is C21H30F2N4O2. The van der Waals surface area contributed by atoms with Gasteiger partial charge >= 0.3 is 0 Å². The monoisotopic (exact) mass is 408 g/mol. The zero-order chi connectivity index (χ0) is 21.3. The van der Waals surface area contributed by atoms with E-state index >= 15 is 0 Å². The lowest BCUT2D eigenvalue weighted by molar-refractivity contribution is -0.132. The molecule has 1 fully saturated rings. The Labute approximate surface area is 169 Å². The highest BCUT2D eigenvalue weighted by Gasteiger charge is 2.25. The number of hydrogen-bond acceptors (Lipinski definition) is 3. The molecule has 0 aliphatic heterocycles. The molecule has 0 bridgehead atoms. The molecule has 0 atom stereocenters. The summed E-state index contributed by atoms with van der Waals surface area (Å²) in [6.45, 7) is 5.68. The van der Waals surface area contributed by atoms with Gasteiger partial charge in [0, 0.05) is 54.8 Å². The standard InChI is InChI=1S/C21H30F2N4O2/c1-13(2)27-14(3)19-16(20(22)23)12-18(29)26(21(19)24-27)11-10-17(28)25(4)15-8-6-5-7-9-15/h12-13,15,20H,5-11H2,1-4H3. The van der Waals surface area contributed by atoms with E-state index in [2.05, 4.69) is 5.10 Å². The van der Waals surface area contributed by atoms with E-state index in [0.717, 1.165) is 31.7 Å². The maximum absolute atomic E-state index is 13.6. The van der Waals surface area contributed by atoms with Crippen molar-refractivity contribution in [1.29, 1.82) is 0 Å². The lowest BCUT2D eigenvalue weighted by Crippen LogP contribution is -2.39. The van der Waals surface area contributed by atoms with Gasteiger partial charge in [-0.15, -0.1) is 0 Å². The Hall–Kier alpha value is -2.25. The van der Waals surface area contributed by atoms with E-state index < -0.39 is 12.0 Å². The predicted octanol–water partition coefficient (Wildman–Crippen LogP) is 4.21. The van der Waals surface area contributed by atoms with Crippen molar-refractivity contribution in [3.63, 3.8) is 0 Å². The zero-order valence-electron chi connectivity index (χ0n) is 17.6. The van der Waals surface area contributed by atoms with Gasteiger partial charge < -0.3 is 4.90 Å². The highest BCUT2D eigenvalue weighted by molar-refractivity contribution is 5.83. The second kappa shape index (κ2) is 8.63. The highest BCUT2D eigenvalue weighted by atomic mass is 19.3. The van der Waals surface area contributed by atoms with Crippen molar-refractivity contribution in [2.75, 3.05) is 7.05 Å². The Kier molecular flexibility index (Phi) is 6.39. The van der Waals surface area contributed by atoms with Gasteiger partial charge in [-0.25, -0.2) is 8.78 Å². The van der Waals surface area contributed by atoms with Gasteiger partial charge in [0.1, 0.15) is 0 Å². The van der Waals surface area contributed by atoms with Gasteiger partial charge in [0.2, 0.25) is 5.91 Å². The van der Waals surface area contributed by atoms with Crippen LogP contribution in [0, 0.1) is 6.92 Å². The van der Waals surface area contributed by atoms with E-state index in [4.69, 9.17) is 0 Å². The molecule has 1 amide bonds. The minimum atomic E-state index is -2.76. The molecule has 1 saturated carbocycles. The van der Waals surface area contributed by atoms with Crippen LogP contribution in [0.1, 0.15) is 76.1 Å². The van der Waals surface area contributed by atoms with Crippen molar-refractivity contribution in [3.05, 3.63) is 27.7 Å². The molecular weight excluding hydrogens is 378 g/mol. The quantitative estimate of drug-likeness (QED) is 0.720. The molecule has 160 valence electrons. The largest absolute Gasteiger partial charge is 0.343 e. The first kappa shape index (κ1) is 21.5. The Balaban J connectivity index is 1.92. The molecule has 29 heavy (non-hydrogen) atoms. The van der Waals surface area contributed by atoms with Gasteiger partial charge in [-0.05, 0) is 33.6 Å². The maximum Gasteiger partial charge on any atom is 0.264 e. The summed E-state index contributed by atoms with van der Waals surface area (Å²) in [4.78, 5) is 27.1. The number of aryl methyl sites for hydroxylation is 2. The summed E-state index contributed by atoms with van der Waals surface area (Å²) in [6, 6.07) is 1.20. The number of hydrogen-bond donors (Lipinski definition) is 0. The van der Waals surface area contributed by atoms with Crippen LogP contribution in [0.5, 0.6) is 0 Å². The van der Waals surface area contributed by atoms with Crippen molar-refractivity contribution in [2.45, 2.75) is 84.4 Å². The molecule has 8 heteroatoms. The third-order valence-electron chi connectivity index (χ3n) is 6.01. The van der Waals surface area contributed by atoms with E-state index in [1.54, 1.807) is 16.5 Å². The third kappa shape index (κ3) is 4.21. The Morgan fingerprint density at radius 3 is 2.52 bits per heavy atom. The molecule has 0 N–H and O–H groups in total. The fraction of sp³-hybridized carbons (Fsp3) is 0.667. The van der Waals surface area contributed by atoms with Gasteiger partial charge in [0.25, 0.3) is 12.0 Å². The average molecular weight is 408 g/mol. The van der Waals surface area contributed by atoms with Crippen molar-refractivity contribution in [3.8, 4) is 0 Å². The van der Waals surface area contributed by atoms with Crippen LogP contribution in [0.4, 0.5) is 8.78 Å². The molecule has 6 nitrogen and oxygen atoms in total. The number of carbonyl (C=O) groups excluding carboxylic acids is 1. The number of fused-ring (bicyclic) bond motifs is 1. The number of carbonyl (C=O) groups is 1. The van der Waals surface area contributed by atoms with Crippen LogP contribution in [0.2, 0.25) is 0 Å². The summed E-state index contributed by atoms with van der Waals surface area (Å²) in [5.74, 6) is -0.0325. The minimum Gasteiger partial charge on any atom is -0.343 e. The first-order chi connectivity index (χ1) is 13.7. The second-order valence-electron chi connectivity index (χ2n) is 8.26. The van der Waals surface area contributed by atoms with Crippen LogP contribution in [-0.4, -0.2) is 38.2 Å². The summed E-state index contributed by atoms with van der Waals surface area (Å²) in [6.07, 6.45) is 2.86. The van der Waals surface area contributed by atoms with E-state index in [9.17, 15) is 18.4 Å². The van der Waals surface area contributed by atoms with Crippen molar-refractivity contribution in [1.82, 2.24) is 19.2 Å². The third-order valence-corrected chi connectivity index (χ3v) is 6.01. The summed E-state index contributed by atoms with van der Waals surface area (Å²) in [7, 11) is 1.81. The Morgan fingerprint density at radius 2 is 1.93 bits per heavy atom. The lowest BCUT2D eigenvalue weighted by Gasteiger charge is -2.31. The van der Waals surface area contributed by atoms with Crippen molar-refractivity contribution >= 4 is 16.9 Å². The van der Waals surface area contributed by atoms with Crippen molar-refractivity contribution < 1.29 is 13.6 Å². The number of pyridine rings is 1. The minimum absolute atomic E-state index is 0.0319. The number of alkyl halides is 2. The number of rotatable bonds is 6. The smallest absolute Gasteiger partial charge is 0.264 e. The molecule has 2 heterocycles. The molecule has 0 unspecified atom stereocenters. The normalized spacial score (nSPS) is 15.6. The Bertz CT molecular complexity index is 942. The topological polar surface area (TPSA) is 60.1 Å². The first-order valence-corrected chi connectivity index (χ1v) is 10.4. The molecule has 1 aliphatic rings.